The van der Waals surface area contributed by atoms with Gasteiger partial charge in [-0.25, -0.2) is 0 Å². The summed E-state index contributed by atoms with van der Waals surface area (Å²) in [7, 11) is 0. The molecular weight excluding hydrogens is 244 g/mol. The van der Waals surface area contributed by atoms with Gasteiger partial charge < -0.3 is 15.8 Å². The van der Waals surface area contributed by atoms with Crippen LogP contribution in [0.4, 0.5) is 5.69 Å². The highest BCUT2D eigenvalue weighted by Gasteiger charge is 2.21. The number of benzene rings is 1. The van der Waals surface area contributed by atoms with Gasteiger partial charge in [0.1, 0.15) is 5.75 Å². The molecule has 5 heteroatoms. The number of carbonyl (C=O) groups excluding carboxylic acids is 2. The Hall–Kier alpha value is -2.30. The SMILES string of the molecule is CCCOc1ccc(N)cc1C1=CCC(=O)C(=O)N1. The van der Waals surface area contributed by atoms with E-state index in [0.717, 1.165) is 6.42 Å². The van der Waals surface area contributed by atoms with E-state index in [-0.39, 0.29) is 6.42 Å². The molecule has 100 valence electrons. The van der Waals surface area contributed by atoms with Crippen molar-refractivity contribution >= 4 is 23.1 Å². The smallest absolute Gasteiger partial charge is 0.292 e. The van der Waals surface area contributed by atoms with Gasteiger partial charge in [0, 0.05) is 23.4 Å². The van der Waals surface area contributed by atoms with Crippen molar-refractivity contribution in [2.75, 3.05) is 12.3 Å². The van der Waals surface area contributed by atoms with Gasteiger partial charge >= 0.3 is 0 Å². The van der Waals surface area contributed by atoms with Crippen LogP contribution in [0.15, 0.2) is 24.3 Å². The number of ether oxygens (including phenoxy) is 1. The standard InChI is InChI=1S/C14H16N2O3/c1-2-7-19-13-6-3-9(15)8-10(13)11-4-5-12(17)14(18)16-11/h3-4,6,8H,2,5,7,15H2,1H3,(H,16,18). The summed E-state index contributed by atoms with van der Waals surface area (Å²) in [5.41, 5.74) is 7.61. The van der Waals surface area contributed by atoms with E-state index < -0.39 is 11.7 Å². The van der Waals surface area contributed by atoms with E-state index in [9.17, 15) is 9.59 Å². The molecule has 0 bridgehead atoms. The largest absolute Gasteiger partial charge is 0.493 e. The quantitative estimate of drug-likeness (QED) is 0.634. The number of nitrogen functional groups attached to an aromatic ring is 1. The molecule has 0 spiro atoms. The lowest BCUT2D eigenvalue weighted by atomic mass is 10.0. The molecule has 1 aliphatic rings. The topological polar surface area (TPSA) is 81.4 Å². The molecule has 0 fully saturated rings. The Morgan fingerprint density at radius 2 is 2.16 bits per heavy atom. The molecule has 3 N–H and O–H groups in total. The Labute approximate surface area is 111 Å². The number of hydrogen-bond acceptors (Lipinski definition) is 4. The minimum atomic E-state index is -0.596. The maximum Gasteiger partial charge on any atom is 0.292 e. The number of anilines is 1. The number of carbonyl (C=O) groups is 2. The number of nitrogens with one attached hydrogen (secondary N) is 1. The fourth-order valence-electron chi connectivity index (χ4n) is 1.80. The van der Waals surface area contributed by atoms with Gasteiger partial charge in [0.15, 0.2) is 0 Å². The van der Waals surface area contributed by atoms with Crippen LogP contribution in [0.3, 0.4) is 0 Å². The zero-order valence-electron chi connectivity index (χ0n) is 10.7. The molecule has 1 heterocycles. The normalized spacial score (nSPS) is 14.9. The number of Topliss-reactive ketones (excluding diaryl/α,β-unsaturated/α-hetero) is 1. The molecule has 0 saturated heterocycles. The van der Waals surface area contributed by atoms with Crippen LogP contribution in [-0.2, 0) is 9.59 Å². The van der Waals surface area contributed by atoms with E-state index in [0.29, 0.717) is 29.3 Å². The molecule has 0 radical (unpaired) electrons. The molecule has 1 aliphatic heterocycles. The highest BCUT2D eigenvalue weighted by molar-refractivity contribution is 6.39. The first-order valence-electron chi connectivity index (χ1n) is 6.19. The number of rotatable bonds is 4. The van der Waals surface area contributed by atoms with Crippen molar-refractivity contribution in [3.63, 3.8) is 0 Å². The Bertz CT molecular complexity index is 550. The maximum atomic E-state index is 11.4. The fourth-order valence-corrected chi connectivity index (χ4v) is 1.80. The van der Waals surface area contributed by atoms with Crippen LogP contribution < -0.4 is 15.8 Å². The van der Waals surface area contributed by atoms with Crippen molar-refractivity contribution in [2.45, 2.75) is 19.8 Å². The zero-order valence-corrected chi connectivity index (χ0v) is 10.7. The van der Waals surface area contributed by atoms with Crippen molar-refractivity contribution < 1.29 is 14.3 Å². The third kappa shape index (κ3) is 2.93. The molecule has 0 saturated carbocycles. The van der Waals surface area contributed by atoms with E-state index in [1.54, 1.807) is 24.3 Å². The van der Waals surface area contributed by atoms with Gasteiger partial charge in [-0.2, -0.15) is 0 Å². The van der Waals surface area contributed by atoms with Gasteiger partial charge in [0.25, 0.3) is 5.91 Å². The summed E-state index contributed by atoms with van der Waals surface area (Å²) >= 11 is 0. The first-order chi connectivity index (χ1) is 9.11. The number of nitrogens with two attached hydrogens (primary N) is 1. The minimum Gasteiger partial charge on any atom is -0.493 e. The van der Waals surface area contributed by atoms with Gasteiger partial charge in [0.2, 0.25) is 5.78 Å². The van der Waals surface area contributed by atoms with Crippen LogP contribution in [0.2, 0.25) is 0 Å². The summed E-state index contributed by atoms with van der Waals surface area (Å²) in [6.45, 7) is 2.59. The number of ketones is 1. The zero-order chi connectivity index (χ0) is 13.8. The lowest BCUT2D eigenvalue weighted by molar-refractivity contribution is -0.137. The van der Waals surface area contributed by atoms with E-state index in [1.807, 2.05) is 6.92 Å². The average Bonchev–Trinajstić information content (AvgIpc) is 2.40. The van der Waals surface area contributed by atoms with Crippen LogP contribution in [-0.4, -0.2) is 18.3 Å². The third-order valence-corrected chi connectivity index (χ3v) is 2.75. The summed E-state index contributed by atoms with van der Waals surface area (Å²) < 4.78 is 5.62. The summed E-state index contributed by atoms with van der Waals surface area (Å²) in [5, 5.41) is 2.56. The second-order valence-electron chi connectivity index (χ2n) is 4.30. The van der Waals surface area contributed by atoms with Crippen LogP contribution in [0, 0.1) is 0 Å². The molecule has 5 nitrogen and oxygen atoms in total. The fraction of sp³-hybridized carbons (Fsp3) is 0.286. The minimum absolute atomic E-state index is 0.100. The second-order valence-corrected chi connectivity index (χ2v) is 4.30. The summed E-state index contributed by atoms with van der Waals surface area (Å²) in [6, 6.07) is 5.24. The molecule has 0 atom stereocenters. The molecule has 1 aromatic carbocycles. The van der Waals surface area contributed by atoms with Gasteiger partial charge in [-0.15, -0.1) is 0 Å². The van der Waals surface area contributed by atoms with E-state index in [1.165, 1.54) is 0 Å². The second kappa shape index (κ2) is 5.56. The van der Waals surface area contributed by atoms with Gasteiger partial charge in [-0.1, -0.05) is 13.0 Å². The van der Waals surface area contributed by atoms with Crippen molar-refractivity contribution in [3.05, 3.63) is 29.8 Å². The van der Waals surface area contributed by atoms with Crippen LogP contribution in [0.25, 0.3) is 5.70 Å². The Kier molecular flexibility index (Phi) is 3.85. The maximum absolute atomic E-state index is 11.4. The van der Waals surface area contributed by atoms with Crippen LogP contribution >= 0.6 is 0 Å². The van der Waals surface area contributed by atoms with Gasteiger partial charge in [-0.3, -0.25) is 9.59 Å². The molecule has 0 aromatic heterocycles. The predicted octanol–water partition coefficient (Wildman–Crippen LogP) is 1.49. The first kappa shape index (κ1) is 13.1. The molecule has 1 amide bonds. The van der Waals surface area contributed by atoms with Gasteiger partial charge in [0.05, 0.1) is 6.61 Å². The Balaban J connectivity index is 2.34. The molecule has 2 rings (SSSR count). The lowest BCUT2D eigenvalue weighted by Crippen LogP contribution is -2.33. The van der Waals surface area contributed by atoms with Crippen LogP contribution in [0.5, 0.6) is 5.75 Å². The molecule has 19 heavy (non-hydrogen) atoms. The highest BCUT2D eigenvalue weighted by Crippen LogP contribution is 2.28. The summed E-state index contributed by atoms with van der Waals surface area (Å²) in [4.78, 5) is 22.6. The highest BCUT2D eigenvalue weighted by atomic mass is 16.5. The van der Waals surface area contributed by atoms with Gasteiger partial charge in [-0.05, 0) is 24.6 Å². The van der Waals surface area contributed by atoms with E-state index in [2.05, 4.69) is 5.32 Å². The number of allylic oxidation sites excluding steroid dienone is 1. The van der Waals surface area contributed by atoms with E-state index >= 15 is 0 Å². The molecule has 1 aromatic rings. The van der Waals surface area contributed by atoms with Crippen molar-refractivity contribution in [1.82, 2.24) is 5.32 Å². The third-order valence-electron chi connectivity index (χ3n) is 2.75. The van der Waals surface area contributed by atoms with Crippen molar-refractivity contribution in [1.29, 1.82) is 0 Å². The average molecular weight is 260 g/mol. The monoisotopic (exact) mass is 260 g/mol. The van der Waals surface area contributed by atoms with Crippen molar-refractivity contribution in [3.8, 4) is 5.75 Å². The predicted molar refractivity (Wildman–Crippen MR) is 72.4 cm³/mol. The van der Waals surface area contributed by atoms with E-state index in [4.69, 9.17) is 10.5 Å². The summed E-state index contributed by atoms with van der Waals surface area (Å²) in [5.74, 6) is -0.387. The molecule has 0 unspecified atom stereocenters. The Morgan fingerprint density at radius 1 is 1.37 bits per heavy atom. The van der Waals surface area contributed by atoms with Crippen LogP contribution in [0.1, 0.15) is 25.3 Å². The number of amides is 1. The Morgan fingerprint density at radius 3 is 2.84 bits per heavy atom. The summed E-state index contributed by atoms with van der Waals surface area (Å²) in [6.07, 6.45) is 2.66. The number of hydrogen-bond donors (Lipinski definition) is 2. The van der Waals surface area contributed by atoms with Crippen molar-refractivity contribution in [2.24, 2.45) is 0 Å². The molecular formula is C14H16N2O3. The lowest BCUT2D eigenvalue weighted by Gasteiger charge is -2.17. The molecule has 0 aliphatic carbocycles. The first-order valence-corrected chi connectivity index (χ1v) is 6.19.